The van der Waals surface area contributed by atoms with Crippen LogP contribution >= 0.6 is 11.3 Å². The van der Waals surface area contributed by atoms with E-state index in [9.17, 15) is 9.18 Å². The van der Waals surface area contributed by atoms with E-state index >= 15 is 0 Å². The molecule has 6 aromatic heterocycles. The zero-order valence-electron chi connectivity index (χ0n) is 21.6. The molecule has 0 unspecified atom stereocenters. The Bertz CT molecular complexity index is 1850. The van der Waals surface area contributed by atoms with Gasteiger partial charge < -0.3 is 10.3 Å². The first-order valence-corrected chi connectivity index (χ1v) is 14.3. The molecule has 0 radical (unpaired) electrons. The second kappa shape index (κ2) is 10.3. The van der Waals surface area contributed by atoms with Crippen LogP contribution in [-0.2, 0) is 4.79 Å². The molecule has 0 bridgehead atoms. The molecule has 7 rings (SSSR count). The molecule has 10 heteroatoms. The summed E-state index contributed by atoms with van der Waals surface area (Å²) in [6.07, 6.45) is 13.4. The van der Waals surface area contributed by atoms with Gasteiger partial charge in [-0.2, -0.15) is 9.49 Å². The van der Waals surface area contributed by atoms with Gasteiger partial charge >= 0.3 is 0 Å². The average molecular weight is 552 g/mol. The van der Waals surface area contributed by atoms with E-state index in [1.165, 1.54) is 25.3 Å². The second-order valence-electron chi connectivity index (χ2n) is 10.3. The Hall–Kier alpha value is -4.44. The van der Waals surface area contributed by atoms with Crippen molar-refractivity contribution in [2.24, 2.45) is 5.92 Å². The van der Waals surface area contributed by atoms with Crippen LogP contribution in [0.3, 0.4) is 0 Å². The fraction of sp³-hybridized carbons (Fsp3) is 0.233. The zero-order chi connectivity index (χ0) is 27.1. The predicted molar refractivity (Wildman–Crippen MR) is 155 cm³/mol. The van der Waals surface area contributed by atoms with Gasteiger partial charge in [0.05, 0.1) is 33.8 Å². The quantitative estimate of drug-likeness (QED) is 0.200. The molecule has 1 amide bonds. The number of nitrogens with one attached hydrogen (secondary N) is 3. The van der Waals surface area contributed by atoms with Crippen LogP contribution in [-0.4, -0.2) is 36.0 Å². The number of anilines is 1. The van der Waals surface area contributed by atoms with Crippen molar-refractivity contribution in [3.05, 3.63) is 66.3 Å². The Labute approximate surface area is 233 Å². The monoisotopic (exact) mass is 551 g/mol. The second-order valence-corrected chi connectivity index (χ2v) is 11.4. The van der Waals surface area contributed by atoms with Gasteiger partial charge in [0.25, 0.3) is 0 Å². The lowest BCUT2D eigenvalue weighted by Crippen LogP contribution is -2.18. The predicted octanol–water partition coefficient (Wildman–Crippen LogP) is 7.34. The summed E-state index contributed by atoms with van der Waals surface area (Å²) in [5.41, 5.74) is 6.19. The number of amides is 1. The largest absolute Gasteiger partial charge is 0.353 e. The minimum absolute atomic E-state index is 0.0366. The van der Waals surface area contributed by atoms with Gasteiger partial charge in [-0.05, 0) is 55.2 Å². The van der Waals surface area contributed by atoms with Crippen LogP contribution in [0, 0.1) is 11.0 Å². The normalized spacial score (nSPS) is 14.2. The van der Waals surface area contributed by atoms with E-state index in [0.29, 0.717) is 23.7 Å². The van der Waals surface area contributed by atoms with Gasteiger partial charge in [0, 0.05) is 52.4 Å². The standard InChI is InChI=1S/C30H26FN7OS/c31-26-7-6-25(40-26)29-21-13-24(36-23(21)8-9-33-29)28-22-12-19(15-34-30(22)38-37-28)18-11-20(16-32-14-18)35-27(39)10-17-4-2-1-3-5-17/h6-9,11-17,36H,1-5,10H2,(H,35,39)(H,34,37,38). The van der Waals surface area contributed by atoms with E-state index in [-0.39, 0.29) is 11.0 Å². The number of aromatic nitrogens is 6. The molecule has 1 fully saturated rings. The van der Waals surface area contributed by atoms with Crippen molar-refractivity contribution < 1.29 is 9.18 Å². The fourth-order valence-corrected chi connectivity index (χ4v) is 6.36. The van der Waals surface area contributed by atoms with E-state index in [0.717, 1.165) is 73.6 Å². The first-order chi connectivity index (χ1) is 19.6. The van der Waals surface area contributed by atoms with Crippen molar-refractivity contribution in [1.82, 2.24) is 30.1 Å². The highest BCUT2D eigenvalue weighted by Crippen LogP contribution is 2.36. The van der Waals surface area contributed by atoms with Gasteiger partial charge in [0.1, 0.15) is 0 Å². The number of nitrogens with zero attached hydrogens (tertiary/aromatic N) is 4. The van der Waals surface area contributed by atoms with Crippen LogP contribution in [0.4, 0.5) is 10.1 Å². The molecule has 6 aromatic rings. The molecule has 200 valence electrons. The third kappa shape index (κ3) is 4.75. The Morgan fingerprint density at radius 3 is 2.73 bits per heavy atom. The molecular formula is C30H26FN7OS. The van der Waals surface area contributed by atoms with Gasteiger partial charge in [-0.3, -0.25) is 19.9 Å². The van der Waals surface area contributed by atoms with Gasteiger partial charge in [0.2, 0.25) is 5.91 Å². The Kier molecular flexibility index (Phi) is 6.31. The third-order valence-electron chi connectivity index (χ3n) is 7.59. The third-order valence-corrected chi connectivity index (χ3v) is 8.47. The first kappa shape index (κ1) is 24.6. The number of hydrogen-bond donors (Lipinski definition) is 3. The zero-order valence-corrected chi connectivity index (χ0v) is 22.4. The van der Waals surface area contributed by atoms with Gasteiger partial charge in [-0.25, -0.2) is 4.98 Å². The molecule has 0 atom stereocenters. The number of thiophene rings is 1. The van der Waals surface area contributed by atoms with Crippen LogP contribution in [0.2, 0.25) is 0 Å². The number of rotatable bonds is 6. The molecule has 1 aliphatic rings. The summed E-state index contributed by atoms with van der Waals surface area (Å²) in [4.78, 5) is 30.3. The molecule has 0 aliphatic heterocycles. The van der Waals surface area contributed by atoms with Crippen LogP contribution in [0.15, 0.2) is 61.2 Å². The lowest BCUT2D eigenvalue weighted by molar-refractivity contribution is -0.117. The Morgan fingerprint density at radius 1 is 1.00 bits per heavy atom. The van der Waals surface area contributed by atoms with E-state index in [4.69, 9.17) is 0 Å². The van der Waals surface area contributed by atoms with Crippen LogP contribution in [0.5, 0.6) is 0 Å². The number of halogens is 1. The highest BCUT2D eigenvalue weighted by atomic mass is 32.1. The summed E-state index contributed by atoms with van der Waals surface area (Å²) in [5.74, 6) is 0.508. The molecule has 0 aromatic carbocycles. The van der Waals surface area contributed by atoms with Gasteiger partial charge in [-0.15, -0.1) is 11.3 Å². The summed E-state index contributed by atoms with van der Waals surface area (Å²) >= 11 is 1.07. The van der Waals surface area contributed by atoms with E-state index in [1.54, 1.807) is 30.9 Å². The van der Waals surface area contributed by atoms with Crippen molar-refractivity contribution in [3.8, 4) is 33.1 Å². The number of carbonyl (C=O) groups is 1. The van der Waals surface area contributed by atoms with Crippen LogP contribution < -0.4 is 5.32 Å². The number of pyridine rings is 3. The molecule has 1 aliphatic carbocycles. The molecule has 3 N–H and O–H groups in total. The molecule has 40 heavy (non-hydrogen) atoms. The maximum Gasteiger partial charge on any atom is 0.224 e. The summed E-state index contributed by atoms with van der Waals surface area (Å²) in [6, 6.07) is 11.0. The summed E-state index contributed by atoms with van der Waals surface area (Å²) < 4.78 is 13.7. The molecule has 0 saturated heterocycles. The number of H-pyrrole nitrogens is 2. The van der Waals surface area contributed by atoms with E-state index in [2.05, 4.69) is 35.5 Å². The van der Waals surface area contributed by atoms with E-state index < -0.39 is 0 Å². The Balaban J connectivity index is 1.19. The van der Waals surface area contributed by atoms with Gasteiger partial charge in [-0.1, -0.05) is 19.3 Å². The number of hydrogen-bond acceptors (Lipinski definition) is 6. The molecular weight excluding hydrogens is 525 g/mol. The SMILES string of the molecule is O=C(CC1CCCCC1)Nc1cncc(-c2cnc3n[nH]c(-c4cc5c(-c6ccc(F)s6)nccc5[nH]4)c3c2)c1. The van der Waals surface area contributed by atoms with Crippen LogP contribution in [0.25, 0.3) is 55.0 Å². The molecule has 0 spiro atoms. The minimum atomic E-state index is -0.245. The first-order valence-electron chi connectivity index (χ1n) is 13.4. The van der Waals surface area contributed by atoms with Crippen molar-refractivity contribution >= 4 is 44.9 Å². The summed E-state index contributed by atoms with van der Waals surface area (Å²) in [6.45, 7) is 0. The van der Waals surface area contributed by atoms with Gasteiger partial charge in [0.15, 0.2) is 10.8 Å². The number of fused-ring (bicyclic) bond motifs is 2. The van der Waals surface area contributed by atoms with Crippen molar-refractivity contribution in [3.63, 3.8) is 0 Å². The topological polar surface area (TPSA) is 112 Å². The smallest absolute Gasteiger partial charge is 0.224 e. The maximum absolute atomic E-state index is 13.7. The average Bonchev–Trinajstić information content (AvgIpc) is 3.71. The van der Waals surface area contributed by atoms with E-state index in [1.807, 2.05) is 24.3 Å². The van der Waals surface area contributed by atoms with Crippen molar-refractivity contribution in [2.45, 2.75) is 38.5 Å². The molecule has 6 heterocycles. The van der Waals surface area contributed by atoms with Crippen molar-refractivity contribution in [2.75, 3.05) is 5.32 Å². The van der Waals surface area contributed by atoms with Crippen LogP contribution in [0.1, 0.15) is 38.5 Å². The lowest BCUT2D eigenvalue weighted by Gasteiger charge is -2.20. The maximum atomic E-state index is 13.7. The number of carbonyl (C=O) groups excluding carboxylic acids is 1. The Morgan fingerprint density at radius 2 is 1.88 bits per heavy atom. The minimum Gasteiger partial charge on any atom is -0.353 e. The summed E-state index contributed by atoms with van der Waals surface area (Å²) in [5, 5.41) is 12.0. The number of aromatic amines is 2. The lowest BCUT2D eigenvalue weighted by atomic mass is 9.87. The highest BCUT2D eigenvalue weighted by molar-refractivity contribution is 7.13. The summed E-state index contributed by atoms with van der Waals surface area (Å²) in [7, 11) is 0. The highest BCUT2D eigenvalue weighted by Gasteiger charge is 2.18. The fourth-order valence-electron chi connectivity index (χ4n) is 5.62. The molecule has 8 nitrogen and oxygen atoms in total. The molecule has 1 saturated carbocycles. The van der Waals surface area contributed by atoms with Crippen molar-refractivity contribution in [1.29, 1.82) is 0 Å².